The molecule has 3 heterocycles. The first kappa shape index (κ1) is 12.7. The maximum Gasteiger partial charge on any atom is 0.357 e. The van der Waals surface area contributed by atoms with Gasteiger partial charge in [-0.2, -0.15) is 0 Å². The first-order chi connectivity index (χ1) is 9.69. The number of aromatic nitrogens is 3. The van der Waals surface area contributed by atoms with Crippen molar-refractivity contribution in [2.75, 3.05) is 7.11 Å². The van der Waals surface area contributed by atoms with E-state index in [-0.39, 0.29) is 0 Å². The summed E-state index contributed by atoms with van der Waals surface area (Å²) < 4.78 is 4.80. The van der Waals surface area contributed by atoms with Crippen molar-refractivity contribution in [1.29, 1.82) is 0 Å². The Morgan fingerprint density at radius 1 is 1.35 bits per heavy atom. The maximum absolute atomic E-state index is 11.9. The van der Waals surface area contributed by atoms with Gasteiger partial charge in [0.1, 0.15) is 5.69 Å². The lowest BCUT2D eigenvalue weighted by atomic mass is 10.1. The summed E-state index contributed by atoms with van der Waals surface area (Å²) in [6.07, 6.45) is 1.71. The Morgan fingerprint density at radius 2 is 2.20 bits per heavy atom. The molecule has 0 amide bonds. The Bertz CT molecular complexity index is 685. The van der Waals surface area contributed by atoms with Gasteiger partial charge in [0.15, 0.2) is 11.5 Å². The minimum Gasteiger partial charge on any atom is -0.464 e. The molecular formula is C14H14N4O2. The largest absolute Gasteiger partial charge is 0.464 e. The molecule has 0 fully saturated rings. The molecule has 0 bridgehead atoms. The van der Waals surface area contributed by atoms with E-state index >= 15 is 0 Å². The Morgan fingerprint density at radius 3 is 2.95 bits per heavy atom. The number of aryl methyl sites for hydroxylation is 1. The molecule has 2 aromatic heterocycles. The summed E-state index contributed by atoms with van der Waals surface area (Å²) in [5, 5.41) is 3.17. The summed E-state index contributed by atoms with van der Waals surface area (Å²) in [4.78, 5) is 25.0. The Kier molecular flexibility index (Phi) is 3.15. The van der Waals surface area contributed by atoms with Crippen LogP contribution in [-0.2, 0) is 17.8 Å². The quantitative estimate of drug-likeness (QED) is 0.827. The number of ether oxygens (including phenoxy) is 1. The molecule has 20 heavy (non-hydrogen) atoms. The number of esters is 1. The van der Waals surface area contributed by atoms with Crippen molar-refractivity contribution in [3.05, 3.63) is 40.8 Å². The van der Waals surface area contributed by atoms with Gasteiger partial charge >= 0.3 is 5.97 Å². The van der Waals surface area contributed by atoms with Crippen LogP contribution in [0.1, 0.15) is 27.3 Å². The molecule has 2 aromatic rings. The molecule has 0 radical (unpaired) electrons. The Hall–Kier alpha value is -2.34. The molecule has 1 aliphatic heterocycles. The highest BCUT2D eigenvalue weighted by Gasteiger charge is 2.24. The molecule has 0 saturated carbocycles. The fourth-order valence-electron chi connectivity index (χ4n) is 2.21. The molecule has 6 heteroatoms. The van der Waals surface area contributed by atoms with Crippen LogP contribution in [0.5, 0.6) is 0 Å². The summed E-state index contributed by atoms with van der Waals surface area (Å²) in [6, 6.07) is 3.80. The Labute approximate surface area is 116 Å². The van der Waals surface area contributed by atoms with Crippen LogP contribution in [0, 0.1) is 6.92 Å². The molecule has 1 aliphatic rings. The van der Waals surface area contributed by atoms with E-state index in [1.807, 2.05) is 19.1 Å². The van der Waals surface area contributed by atoms with Gasteiger partial charge in [-0.3, -0.25) is 4.98 Å². The van der Waals surface area contributed by atoms with E-state index in [9.17, 15) is 4.79 Å². The predicted octanol–water partition coefficient (Wildman–Crippen LogP) is 1.24. The molecule has 0 aliphatic carbocycles. The monoisotopic (exact) mass is 270 g/mol. The third-order valence-corrected chi connectivity index (χ3v) is 3.21. The highest BCUT2D eigenvalue weighted by molar-refractivity contribution is 5.89. The smallest absolute Gasteiger partial charge is 0.357 e. The molecule has 0 aromatic carbocycles. The van der Waals surface area contributed by atoms with Gasteiger partial charge in [0.05, 0.1) is 12.8 Å². The number of rotatable bonds is 2. The topological polar surface area (TPSA) is 77.0 Å². The second-order valence-corrected chi connectivity index (χ2v) is 4.63. The van der Waals surface area contributed by atoms with Gasteiger partial charge in [-0.25, -0.2) is 14.8 Å². The number of hydrogen-bond donors (Lipinski definition) is 1. The molecule has 0 saturated heterocycles. The average Bonchev–Trinajstić information content (AvgIpc) is 2.93. The minimum absolute atomic E-state index is 0.320. The molecule has 0 unspecified atom stereocenters. The first-order valence-corrected chi connectivity index (χ1v) is 6.31. The lowest BCUT2D eigenvalue weighted by Crippen LogP contribution is -2.12. The van der Waals surface area contributed by atoms with E-state index < -0.39 is 5.97 Å². The number of nitrogens with zero attached hydrogens (tertiary/aromatic N) is 3. The second kappa shape index (κ2) is 4.97. The van der Waals surface area contributed by atoms with Gasteiger partial charge < -0.3 is 10.1 Å². The lowest BCUT2D eigenvalue weighted by Gasteiger charge is -2.08. The second-order valence-electron chi connectivity index (χ2n) is 4.63. The molecule has 3 rings (SSSR count). The zero-order valence-electron chi connectivity index (χ0n) is 11.3. The number of carbonyl (C=O) groups excluding carboxylic acids is 1. The van der Waals surface area contributed by atoms with Crippen molar-refractivity contribution >= 4 is 5.97 Å². The zero-order valence-corrected chi connectivity index (χ0v) is 11.3. The van der Waals surface area contributed by atoms with E-state index in [0.717, 1.165) is 16.8 Å². The van der Waals surface area contributed by atoms with Crippen LogP contribution in [0.2, 0.25) is 0 Å². The van der Waals surface area contributed by atoms with E-state index in [1.165, 1.54) is 7.11 Å². The number of nitrogens with one attached hydrogen (secondary N) is 1. The van der Waals surface area contributed by atoms with Gasteiger partial charge in [-0.1, -0.05) is 0 Å². The fraction of sp³-hybridized carbons (Fsp3) is 0.286. The predicted molar refractivity (Wildman–Crippen MR) is 71.9 cm³/mol. The summed E-state index contributed by atoms with van der Waals surface area (Å²) in [6.45, 7) is 3.18. The number of pyridine rings is 1. The number of carbonyl (C=O) groups is 1. The van der Waals surface area contributed by atoms with Crippen molar-refractivity contribution in [2.24, 2.45) is 0 Å². The first-order valence-electron chi connectivity index (χ1n) is 6.31. The summed E-state index contributed by atoms with van der Waals surface area (Å²) >= 11 is 0. The van der Waals surface area contributed by atoms with Crippen LogP contribution in [0.25, 0.3) is 11.5 Å². The highest BCUT2D eigenvalue weighted by atomic mass is 16.5. The van der Waals surface area contributed by atoms with Gasteiger partial charge in [-0.15, -0.1) is 0 Å². The van der Waals surface area contributed by atoms with Crippen molar-refractivity contribution in [3.63, 3.8) is 0 Å². The van der Waals surface area contributed by atoms with Gasteiger partial charge in [0.2, 0.25) is 0 Å². The van der Waals surface area contributed by atoms with Gasteiger partial charge in [0, 0.05) is 24.8 Å². The maximum atomic E-state index is 11.9. The Balaban J connectivity index is 2.16. The minimum atomic E-state index is -0.443. The van der Waals surface area contributed by atoms with Gasteiger partial charge in [-0.05, 0) is 24.6 Å². The molecule has 0 spiro atoms. The molecule has 102 valence electrons. The molecule has 6 nitrogen and oxygen atoms in total. The fourth-order valence-corrected chi connectivity index (χ4v) is 2.21. The van der Waals surface area contributed by atoms with Crippen molar-refractivity contribution in [2.45, 2.75) is 20.0 Å². The normalized spacial score (nSPS) is 13.1. The van der Waals surface area contributed by atoms with E-state index in [0.29, 0.717) is 30.3 Å². The number of methoxy groups -OCH3 is 1. The van der Waals surface area contributed by atoms with Crippen molar-refractivity contribution < 1.29 is 9.53 Å². The standard InChI is InChI=1S/C14H14N4O2/c1-8-3-4-16-10(5-8)13-17-11-7-15-6-9(11)12(18-13)14(19)20-2/h3-5,15H,6-7H2,1-2H3. The van der Waals surface area contributed by atoms with Crippen molar-refractivity contribution in [3.8, 4) is 11.5 Å². The highest BCUT2D eigenvalue weighted by Crippen LogP contribution is 2.22. The summed E-state index contributed by atoms with van der Waals surface area (Å²) in [7, 11) is 1.35. The summed E-state index contributed by atoms with van der Waals surface area (Å²) in [5.41, 5.74) is 3.69. The number of fused-ring (bicyclic) bond motifs is 1. The van der Waals surface area contributed by atoms with E-state index in [4.69, 9.17) is 4.74 Å². The van der Waals surface area contributed by atoms with E-state index in [2.05, 4.69) is 20.3 Å². The average molecular weight is 270 g/mol. The third-order valence-electron chi connectivity index (χ3n) is 3.21. The zero-order chi connectivity index (χ0) is 14.1. The summed E-state index contributed by atoms with van der Waals surface area (Å²) in [5.74, 6) is 0.0119. The third kappa shape index (κ3) is 2.14. The van der Waals surface area contributed by atoms with Crippen LogP contribution in [0.3, 0.4) is 0 Å². The SMILES string of the molecule is COC(=O)c1nc(-c2cc(C)ccn2)nc2c1CNC2. The van der Waals surface area contributed by atoms with E-state index in [1.54, 1.807) is 6.20 Å². The molecular weight excluding hydrogens is 256 g/mol. The van der Waals surface area contributed by atoms with Crippen LogP contribution >= 0.6 is 0 Å². The lowest BCUT2D eigenvalue weighted by molar-refractivity contribution is 0.0592. The van der Waals surface area contributed by atoms with Crippen molar-refractivity contribution in [1.82, 2.24) is 20.3 Å². The molecule has 1 N–H and O–H groups in total. The molecule has 0 atom stereocenters. The van der Waals surface area contributed by atoms with Crippen LogP contribution in [0.15, 0.2) is 18.3 Å². The van der Waals surface area contributed by atoms with Crippen LogP contribution in [-0.4, -0.2) is 28.0 Å². The van der Waals surface area contributed by atoms with Crippen LogP contribution < -0.4 is 5.32 Å². The van der Waals surface area contributed by atoms with Crippen LogP contribution in [0.4, 0.5) is 0 Å². The van der Waals surface area contributed by atoms with Gasteiger partial charge in [0.25, 0.3) is 0 Å². The number of hydrogen-bond acceptors (Lipinski definition) is 6.